The minimum absolute atomic E-state index is 0.201. The van der Waals surface area contributed by atoms with Crippen LogP contribution in [0.3, 0.4) is 0 Å². The van der Waals surface area contributed by atoms with Gasteiger partial charge in [-0.1, -0.05) is 24.3 Å². The molecule has 0 aliphatic heterocycles. The Bertz CT molecular complexity index is 985. The zero-order chi connectivity index (χ0) is 18.5. The third-order valence-corrected chi connectivity index (χ3v) is 3.86. The van der Waals surface area contributed by atoms with Gasteiger partial charge in [0.25, 0.3) is 5.91 Å². The lowest BCUT2D eigenvalue weighted by Gasteiger charge is -2.10. The fourth-order valence-electron chi connectivity index (χ4n) is 2.43. The largest absolute Gasteiger partial charge is 0.471 e. The van der Waals surface area contributed by atoms with E-state index in [1.807, 2.05) is 38.1 Å². The molecule has 0 saturated carbocycles. The van der Waals surface area contributed by atoms with Crippen molar-refractivity contribution in [3.63, 3.8) is 0 Å². The summed E-state index contributed by atoms with van der Waals surface area (Å²) in [4.78, 5) is 12.3. The molecule has 1 aromatic heterocycles. The number of amides is 1. The number of aromatic nitrogens is 2. The third-order valence-electron chi connectivity index (χ3n) is 3.86. The van der Waals surface area contributed by atoms with Gasteiger partial charge in [0.1, 0.15) is 11.8 Å². The maximum atomic E-state index is 12.3. The van der Waals surface area contributed by atoms with Crippen LogP contribution in [0.2, 0.25) is 0 Å². The molecule has 3 aromatic rings. The molecule has 0 aliphatic rings. The summed E-state index contributed by atoms with van der Waals surface area (Å²) in [6.07, 6.45) is 1.68. The summed E-state index contributed by atoms with van der Waals surface area (Å²) in [6, 6.07) is 16.5. The van der Waals surface area contributed by atoms with E-state index in [1.165, 1.54) is 0 Å². The van der Waals surface area contributed by atoms with Crippen molar-refractivity contribution in [2.75, 3.05) is 5.32 Å². The highest BCUT2D eigenvalue weighted by atomic mass is 16.5. The van der Waals surface area contributed by atoms with Gasteiger partial charge in [0, 0.05) is 6.20 Å². The van der Waals surface area contributed by atoms with Crippen molar-refractivity contribution in [2.45, 2.75) is 20.6 Å². The second-order valence-corrected chi connectivity index (χ2v) is 5.89. The molecule has 2 aromatic carbocycles. The molecular formula is C20H18N4O2. The zero-order valence-electron chi connectivity index (χ0n) is 14.6. The molecule has 6 heteroatoms. The topological polar surface area (TPSA) is 79.9 Å². The van der Waals surface area contributed by atoms with E-state index in [0.717, 1.165) is 16.9 Å². The molecule has 1 amide bonds. The van der Waals surface area contributed by atoms with E-state index in [2.05, 4.69) is 10.4 Å². The lowest BCUT2D eigenvalue weighted by atomic mass is 10.1. The van der Waals surface area contributed by atoms with Crippen molar-refractivity contribution in [1.29, 1.82) is 5.26 Å². The summed E-state index contributed by atoms with van der Waals surface area (Å²) in [7, 11) is 0. The van der Waals surface area contributed by atoms with Crippen molar-refractivity contribution in [3.8, 4) is 11.8 Å². The molecule has 0 radical (unpaired) electrons. The van der Waals surface area contributed by atoms with Gasteiger partial charge in [-0.05, 0) is 49.2 Å². The van der Waals surface area contributed by atoms with E-state index >= 15 is 0 Å². The molecule has 0 aliphatic carbocycles. The van der Waals surface area contributed by atoms with Gasteiger partial charge in [0.05, 0.1) is 11.3 Å². The van der Waals surface area contributed by atoms with E-state index < -0.39 is 0 Å². The first-order chi connectivity index (χ1) is 12.6. The molecule has 0 fully saturated rings. The van der Waals surface area contributed by atoms with E-state index in [4.69, 9.17) is 10.00 Å². The van der Waals surface area contributed by atoms with Gasteiger partial charge >= 0.3 is 0 Å². The number of nitrogens with one attached hydrogen (secondary N) is 1. The predicted octanol–water partition coefficient (Wildman–Crippen LogP) is 3.66. The van der Waals surface area contributed by atoms with Crippen LogP contribution in [0.15, 0.2) is 54.7 Å². The highest BCUT2D eigenvalue weighted by Crippen LogP contribution is 2.19. The van der Waals surface area contributed by atoms with E-state index in [0.29, 0.717) is 11.3 Å². The van der Waals surface area contributed by atoms with E-state index in [1.54, 1.807) is 41.2 Å². The summed E-state index contributed by atoms with van der Waals surface area (Å²) in [5.41, 5.74) is 3.26. The number of para-hydroxylation sites is 1. The van der Waals surface area contributed by atoms with Gasteiger partial charge in [-0.25, -0.2) is 4.68 Å². The Hall–Kier alpha value is -3.59. The highest BCUT2D eigenvalue weighted by molar-refractivity contribution is 6.03. The van der Waals surface area contributed by atoms with Crippen LogP contribution >= 0.6 is 0 Å². The molecule has 1 N–H and O–H groups in total. The van der Waals surface area contributed by atoms with Crippen molar-refractivity contribution in [3.05, 3.63) is 77.1 Å². The van der Waals surface area contributed by atoms with Crippen LogP contribution in [0.5, 0.6) is 5.75 Å². The van der Waals surface area contributed by atoms with E-state index in [9.17, 15) is 4.79 Å². The van der Waals surface area contributed by atoms with Crippen LogP contribution in [0.25, 0.3) is 0 Å². The Morgan fingerprint density at radius 3 is 2.85 bits per heavy atom. The molecule has 3 rings (SSSR count). The summed E-state index contributed by atoms with van der Waals surface area (Å²) < 4.78 is 7.33. The number of carbonyl (C=O) groups is 1. The maximum absolute atomic E-state index is 12.3. The van der Waals surface area contributed by atoms with Gasteiger partial charge < -0.3 is 10.1 Å². The Morgan fingerprint density at radius 1 is 1.23 bits per heavy atom. The Balaban J connectivity index is 1.67. The monoisotopic (exact) mass is 346 g/mol. The average Bonchev–Trinajstić information content (AvgIpc) is 3.12. The second kappa shape index (κ2) is 7.53. The quantitative estimate of drug-likeness (QED) is 0.764. The van der Waals surface area contributed by atoms with Crippen LogP contribution in [0.1, 0.15) is 27.2 Å². The minimum Gasteiger partial charge on any atom is -0.471 e. The summed E-state index contributed by atoms with van der Waals surface area (Å²) in [6.45, 7) is 4.18. The van der Waals surface area contributed by atoms with Crippen LogP contribution in [0.4, 0.5) is 5.69 Å². The van der Waals surface area contributed by atoms with Crippen LogP contribution in [-0.2, 0) is 6.73 Å². The normalized spacial score (nSPS) is 10.2. The van der Waals surface area contributed by atoms with Crippen LogP contribution < -0.4 is 10.1 Å². The Morgan fingerprint density at radius 2 is 2.04 bits per heavy atom. The lowest BCUT2D eigenvalue weighted by Crippen LogP contribution is -2.15. The lowest BCUT2D eigenvalue weighted by molar-refractivity contribution is 0.102. The van der Waals surface area contributed by atoms with Crippen molar-refractivity contribution >= 4 is 11.6 Å². The predicted molar refractivity (Wildman–Crippen MR) is 97.9 cm³/mol. The number of rotatable bonds is 5. The number of anilines is 1. The zero-order valence-corrected chi connectivity index (χ0v) is 14.6. The number of hydrogen-bond acceptors (Lipinski definition) is 4. The van der Waals surface area contributed by atoms with Crippen molar-refractivity contribution < 1.29 is 9.53 Å². The first-order valence-electron chi connectivity index (χ1n) is 8.11. The molecule has 130 valence electrons. The molecule has 0 unspecified atom stereocenters. The number of ether oxygens (including phenoxy) is 1. The molecule has 6 nitrogen and oxygen atoms in total. The molecule has 0 saturated heterocycles. The first-order valence-corrected chi connectivity index (χ1v) is 8.11. The Kier molecular flexibility index (Phi) is 4.99. The number of aryl methyl sites for hydroxylation is 2. The minimum atomic E-state index is -0.377. The number of nitrogens with zero attached hydrogens (tertiary/aromatic N) is 3. The summed E-state index contributed by atoms with van der Waals surface area (Å²) in [5.74, 6) is 0.410. The van der Waals surface area contributed by atoms with Crippen LogP contribution in [-0.4, -0.2) is 15.7 Å². The number of benzene rings is 2. The maximum Gasteiger partial charge on any atom is 0.276 e. The first kappa shape index (κ1) is 17.2. The average molecular weight is 346 g/mol. The number of hydrogen-bond donors (Lipinski definition) is 1. The smallest absolute Gasteiger partial charge is 0.276 e. The molecule has 1 heterocycles. The SMILES string of the molecule is Cc1ccc(C)c(OCn2ccc(C(=O)Nc3ccccc3C#N)n2)c1. The van der Waals surface area contributed by atoms with Crippen LogP contribution in [0, 0.1) is 25.2 Å². The molecule has 0 bridgehead atoms. The molecule has 0 spiro atoms. The molecular weight excluding hydrogens is 328 g/mol. The van der Waals surface area contributed by atoms with E-state index in [-0.39, 0.29) is 18.3 Å². The summed E-state index contributed by atoms with van der Waals surface area (Å²) >= 11 is 0. The fourth-order valence-corrected chi connectivity index (χ4v) is 2.43. The number of nitriles is 1. The Labute approximate surface area is 151 Å². The van der Waals surface area contributed by atoms with Gasteiger partial charge in [0.2, 0.25) is 0 Å². The number of carbonyl (C=O) groups excluding carboxylic acids is 1. The van der Waals surface area contributed by atoms with Gasteiger partial charge in [-0.3, -0.25) is 4.79 Å². The fraction of sp³-hybridized carbons (Fsp3) is 0.150. The van der Waals surface area contributed by atoms with Gasteiger partial charge in [0.15, 0.2) is 12.4 Å². The second-order valence-electron chi connectivity index (χ2n) is 5.89. The van der Waals surface area contributed by atoms with Crippen molar-refractivity contribution in [2.24, 2.45) is 0 Å². The van der Waals surface area contributed by atoms with Gasteiger partial charge in [-0.2, -0.15) is 10.4 Å². The summed E-state index contributed by atoms with van der Waals surface area (Å²) in [5, 5.41) is 16.0. The molecule has 26 heavy (non-hydrogen) atoms. The van der Waals surface area contributed by atoms with Crippen molar-refractivity contribution in [1.82, 2.24) is 9.78 Å². The molecule has 0 atom stereocenters. The van der Waals surface area contributed by atoms with Gasteiger partial charge in [-0.15, -0.1) is 0 Å². The standard InChI is InChI=1S/C20H18N4O2/c1-14-7-8-15(2)19(11-14)26-13-24-10-9-18(23-24)20(25)22-17-6-4-3-5-16(17)12-21/h3-11H,13H2,1-2H3,(H,22,25). The third kappa shape index (κ3) is 3.90. The highest BCUT2D eigenvalue weighted by Gasteiger charge is 2.12.